The van der Waals surface area contributed by atoms with Crippen molar-refractivity contribution in [1.29, 1.82) is 0 Å². The van der Waals surface area contributed by atoms with Gasteiger partial charge in [0.2, 0.25) is 0 Å². The lowest BCUT2D eigenvalue weighted by Gasteiger charge is -1.98. The van der Waals surface area contributed by atoms with Crippen LogP contribution in [-0.2, 0) is 6.42 Å². The SMILES string of the molecule is Cc1csc(Cc2nc(-c3ccc(Br)cc3)c(C)s2)n1. The molecule has 1 aromatic carbocycles. The monoisotopic (exact) mass is 364 g/mol. The van der Waals surface area contributed by atoms with Crippen LogP contribution in [0.2, 0.25) is 0 Å². The van der Waals surface area contributed by atoms with E-state index in [4.69, 9.17) is 4.98 Å². The molecular weight excluding hydrogens is 352 g/mol. The molecule has 102 valence electrons. The molecule has 0 saturated carbocycles. The summed E-state index contributed by atoms with van der Waals surface area (Å²) in [6.07, 6.45) is 0.834. The predicted molar refractivity (Wildman–Crippen MR) is 89.6 cm³/mol. The lowest BCUT2D eigenvalue weighted by molar-refractivity contribution is 1.08. The van der Waals surface area contributed by atoms with Gasteiger partial charge in [0.1, 0.15) is 5.01 Å². The van der Waals surface area contributed by atoms with Gasteiger partial charge in [-0.15, -0.1) is 22.7 Å². The highest BCUT2D eigenvalue weighted by Crippen LogP contribution is 2.29. The summed E-state index contributed by atoms with van der Waals surface area (Å²) in [5, 5.41) is 4.36. The van der Waals surface area contributed by atoms with Gasteiger partial charge in [0, 0.05) is 26.0 Å². The van der Waals surface area contributed by atoms with Crippen LogP contribution in [0.1, 0.15) is 20.6 Å². The van der Waals surface area contributed by atoms with Gasteiger partial charge in [0.25, 0.3) is 0 Å². The Kier molecular flexibility index (Phi) is 4.01. The summed E-state index contributed by atoms with van der Waals surface area (Å²) in [6.45, 7) is 4.16. The van der Waals surface area contributed by atoms with Crippen molar-refractivity contribution in [1.82, 2.24) is 9.97 Å². The predicted octanol–water partition coefficient (Wildman–Crippen LogP) is 5.24. The molecule has 0 amide bonds. The first-order valence-electron chi connectivity index (χ1n) is 6.25. The standard InChI is InChI=1S/C15H13BrN2S2/c1-9-8-19-13(17-9)7-14-18-15(10(2)20-14)11-3-5-12(16)6-4-11/h3-6,8H,7H2,1-2H3. The summed E-state index contributed by atoms with van der Waals surface area (Å²) in [5.41, 5.74) is 3.35. The second kappa shape index (κ2) is 5.76. The topological polar surface area (TPSA) is 25.8 Å². The maximum absolute atomic E-state index is 4.78. The minimum absolute atomic E-state index is 0.834. The third-order valence-electron chi connectivity index (χ3n) is 2.93. The molecule has 0 N–H and O–H groups in total. The van der Waals surface area contributed by atoms with Gasteiger partial charge in [-0.25, -0.2) is 9.97 Å². The van der Waals surface area contributed by atoms with Crippen molar-refractivity contribution in [3.8, 4) is 11.3 Å². The number of hydrogen-bond donors (Lipinski definition) is 0. The molecule has 0 fully saturated rings. The number of aromatic nitrogens is 2. The molecule has 0 bridgehead atoms. The Hall–Kier alpha value is -1.04. The van der Waals surface area contributed by atoms with E-state index in [-0.39, 0.29) is 0 Å². The highest BCUT2D eigenvalue weighted by Gasteiger charge is 2.11. The van der Waals surface area contributed by atoms with Gasteiger partial charge in [-0.05, 0) is 26.0 Å². The minimum Gasteiger partial charge on any atom is -0.246 e. The second-order valence-corrected chi connectivity index (χ2v) is 7.72. The van der Waals surface area contributed by atoms with Crippen molar-refractivity contribution < 1.29 is 0 Å². The number of thiazole rings is 2. The van der Waals surface area contributed by atoms with E-state index in [1.54, 1.807) is 22.7 Å². The minimum atomic E-state index is 0.834. The zero-order valence-corrected chi connectivity index (χ0v) is 14.4. The molecule has 0 saturated heterocycles. The maximum Gasteiger partial charge on any atom is 0.100 e. The van der Waals surface area contributed by atoms with Gasteiger partial charge in [0.05, 0.1) is 17.1 Å². The summed E-state index contributed by atoms with van der Waals surface area (Å²) in [6, 6.07) is 8.31. The molecule has 2 heterocycles. The summed E-state index contributed by atoms with van der Waals surface area (Å²) >= 11 is 6.93. The number of aryl methyl sites for hydroxylation is 2. The fraction of sp³-hybridized carbons (Fsp3) is 0.200. The fourth-order valence-electron chi connectivity index (χ4n) is 2.02. The van der Waals surface area contributed by atoms with E-state index >= 15 is 0 Å². The molecule has 0 aliphatic rings. The Labute approximate surface area is 134 Å². The maximum atomic E-state index is 4.78. The highest BCUT2D eigenvalue weighted by atomic mass is 79.9. The van der Waals surface area contributed by atoms with Gasteiger partial charge in [-0.1, -0.05) is 28.1 Å². The van der Waals surface area contributed by atoms with E-state index in [2.05, 4.69) is 57.5 Å². The Balaban J connectivity index is 1.89. The molecule has 0 radical (unpaired) electrons. The third kappa shape index (κ3) is 3.00. The van der Waals surface area contributed by atoms with Crippen molar-refractivity contribution in [2.75, 3.05) is 0 Å². The summed E-state index contributed by atoms with van der Waals surface area (Å²) < 4.78 is 1.09. The lowest BCUT2D eigenvalue weighted by Crippen LogP contribution is -1.87. The highest BCUT2D eigenvalue weighted by molar-refractivity contribution is 9.10. The molecule has 0 aliphatic carbocycles. The Morgan fingerprint density at radius 2 is 1.80 bits per heavy atom. The quantitative estimate of drug-likeness (QED) is 0.635. The van der Waals surface area contributed by atoms with Gasteiger partial charge >= 0.3 is 0 Å². The van der Waals surface area contributed by atoms with Crippen LogP contribution in [0.3, 0.4) is 0 Å². The fourth-order valence-corrected chi connectivity index (χ4v) is 4.11. The number of halogens is 1. The van der Waals surface area contributed by atoms with E-state index in [0.717, 1.165) is 32.3 Å². The van der Waals surface area contributed by atoms with E-state index in [9.17, 15) is 0 Å². The van der Waals surface area contributed by atoms with Crippen LogP contribution in [-0.4, -0.2) is 9.97 Å². The summed E-state index contributed by atoms with van der Waals surface area (Å²) in [5.74, 6) is 0. The largest absolute Gasteiger partial charge is 0.246 e. The van der Waals surface area contributed by atoms with Crippen molar-refractivity contribution in [3.63, 3.8) is 0 Å². The molecule has 0 spiro atoms. The van der Waals surface area contributed by atoms with Crippen molar-refractivity contribution >= 4 is 38.6 Å². The van der Waals surface area contributed by atoms with Crippen LogP contribution < -0.4 is 0 Å². The van der Waals surface area contributed by atoms with E-state index in [1.165, 1.54) is 10.4 Å². The van der Waals surface area contributed by atoms with Gasteiger partial charge in [0.15, 0.2) is 0 Å². The van der Waals surface area contributed by atoms with E-state index in [0.29, 0.717) is 0 Å². The molecule has 5 heteroatoms. The average Bonchev–Trinajstić information content (AvgIpc) is 2.97. The van der Waals surface area contributed by atoms with Crippen molar-refractivity contribution in [2.24, 2.45) is 0 Å². The zero-order valence-electron chi connectivity index (χ0n) is 11.2. The molecule has 0 unspecified atom stereocenters. The molecule has 0 atom stereocenters. The van der Waals surface area contributed by atoms with Crippen LogP contribution in [0.5, 0.6) is 0 Å². The van der Waals surface area contributed by atoms with Crippen LogP contribution in [0, 0.1) is 13.8 Å². The number of nitrogens with zero attached hydrogens (tertiary/aromatic N) is 2. The van der Waals surface area contributed by atoms with Crippen LogP contribution in [0.25, 0.3) is 11.3 Å². The van der Waals surface area contributed by atoms with Gasteiger partial charge in [-0.2, -0.15) is 0 Å². The molecule has 3 rings (SSSR count). The first kappa shape index (κ1) is 13.9. The van der Waals surface area contributed by atoms with Gasteiger partial charge in [-0.3, -0.25) is 0 Å². The number of hydrogen-bond acceptors (Lipinski definition) is 4. The molecule has 20 heavy (non-hydrogen) atoms. The third-order valence-corrected chi connectivity index (χ3v) is 5.39. The van der Waals surface area contributed by atoms with Crippen molar-refractivity contribution in [2.45, 2.75) is 20.3 Å². The Bertz CT molecular complexity index is 729. The molecule has 3 aromatic rings. The summed E-state index contributed by atoms with van der Waals surface area (Å²) in [7, 11) is 0. The Morgan fingerprint density at radius 1 is 1.05 bits per heavy atom. The van der Waals surface area contributed by atoms with Crippen molar-refractivity contribution in [3.05, 3.63) is 54.7 Å². The molecule has 2 aromatic heterocycles. The van der Waals surface area contributed by atoms with E-state index < -0.39 is 0 Å². The van der Waals surface area contributed by atoms with Crippen LogP contribution >= 0.6 is 38.6 Å². The lowest BCUT2D eigenvalue weighted by atomic mass is 10.1. The second-order valence-electron chi connectivity index (χ2n) is 4.58. The van der Waals surface area contributed by atoms with Gasteiger partial charge < -0.3 is 0 Å². The molecule has 2 nitrogen and oxygen atoms in total. The summed E-state index contributed by atoms with van der Waals surface area (Å²) in [4.78, 5) is 10.6. The molecule has 0 aliphatic heterocycles. The van der Waals surface area contributed by atoms with E-state index in [1.807, 2.05) is 6.92 Å². The first-order chi connectivity index (χ1) is 9.61. The zero-order chi connectivity index (χ0) is 14.1. The number of benzene rings is 1. The average molecular weight is 365 g/mol. The van der Waals surface area contributed by atoms with Crippen LogP contribution in [0.4, 0.5) is 0 Å². The van der Waals surface area contributed by atoms with Crippen LogP contribution in [0.15, 0.2) is 34.1 Å². The normalized spacial score (nSPS) is 10.9. The molecular formula is C15H13BrN2S2. The first-order valence-corrected chi connectivity index (χ1v) is 8.74. The Morgan fingerprint density at radius 3 is 2.45 bits per heavy atom. The number of rotatable bonds is 3. The smallest absolute Gasteiger partial charge is 0.100 e.